The van der Waals surface area contributed by atoms with Crippen molar-refractivity contribution in [3.63, 3.8) is 0 Å². The van der Waals surface area contributed by atoms with Crippen LogP contribution in [0.25, 0.3) is 10.9 Å². The van der Waals surface area contributed by atoms with Gasteiger partial charge in [-0.2, -0.15) is 0 Å². The maximum atomic E-state index is 13.9. The van der Waals surface area contributed by atoms with Gasteiger partial charge in [-0.3, -0.25) is 4.99 Å². The van der Waals surface area contributed by atoms with Gasteiger partial charge in [0.05, 0.1) is 6.61 Å². The Morgan fingerprint density at radius 1 is 1.16 bits per heavy atom. The van der Waals surface area contributed by atoms with Crippen LogP contribution in [0.15, 0.2) is 47.6 Å². The fourth-order valence-corrected chi connectivity index (χ4v) is 3.73. The summed E-state index contributed by atoms with van der Waals surface area (Å²) in [5, 5.41) is 7.90. The molecule has 0 fully saturated rings. The Bertz CT molecular complexity index is 1040. The summed E-state index contributed by atoms with van der Waals surface area (Å²) in [5.41, 5.74) is 4.01. The number of fused-ring (bicyclic) bond motifs is 2. The Morgan fingerprint density at radius 2 is 2.03 bits per heavy atom. The lowest BCUT2D eigenvalue weighted by Gasteiger charge is -2.20. The number of halogens is 2. The van der Waals surface area contributed by atoms with Crippen LogP contribution in [0.2, 0.25) is 0 Å². The predicted octanol–water partition coefficient (Wildman–Crippen LogP) is 4.13. The number of ether oxygens (including phenoxy) is 2. The molecule has 2 heterocycles. The van der Waals surface area contributed by atoms with E-state index in [2.05, 4.69) is 45.0 Å². The zero-order valence-corrected chi connectivity index (χ0v) is 19.9. The van der Waals surface area contributed by atoms with E-state index < -0.39 is 0 Å². The average molecular weight is 538 g/mol. The number of guanidine groups is 1. The number of aromatic amines is 1. The van der Waals surface area contributed by atoms with E-state index in [0.717, 1.165) is 47.9 Å². The maximum absolute atomic E-state index is 13.9. The molecule has 4 rings (SSSR count). The number of aromatic nitrogens is 1. The average Bonchev–Trinajstić information content (AvgIpc) is 3.17. The maximum Gasteiger partial charge on any atom is 0.191 e. The van der Waals surface area contributed by atoms with Crippen LogP contribution in [0.1, 0.15) is 23.6 Å². The molecule has 3 aromatic rings. The number of para-hydroxylation sites is 1. The van der Waals surface area contributed by atoms with Gasteiger partial charge in [0.15, 0.2) is 12.8 Å². The fourth-order valence-electron chi connectivity index (χ4n) is 3.73. The van der Waals surface area contributed by atoms with Gasteiger partial charge < -0.3 is 25.1 Å². The Balaban J connectivity index is 0.00000272. The van der Waals surface area contributed by atoms with Crippen molar-refractivity contribution in [2.24, 2.45) is 4.99 Å². The van der Waals surface area contributed by atoms with Crippen molar-refractivity contribution < 1.29 is 13.9 Å². The molecule has 3 N–H and O–H groups in total. The standard InChI is InChI=1S/C23H27FN4O2.HI/c1-2-25-23(27-10-8-17-13-28-21-6-4-3-5-20(17)21)26-9-7-16-11-19(24)12-18-14-29-15-30-22(16)18;/h3-6,11-13,28H,2,7-10,14-15H2,1H3,(H2,25,26,27);1H. The van der Waals surface area contributed by atoms with Crippen molar-refractivity contribution in [1.29, 1.82) is 0 Å². The van der Waals surface area contributed by atoms with E-state index in [1.807, 2.05) is 13.0 Å². The van der Waals surface area contributed by atoms with Crippen molar-refractivity contribution in [2.75, 3.05) is 26.4 Å². The van der Waals surface area contributed by atoms with Crippen LogP contribution in [0.5, 0.6) is 5.75 Å². The molecule has 1 aliphatic rings. The first-order valence-corrected chi connectivity index (χ1v) is 10.3. The highest BCUT2D eigenvalue weighted by Crippen LogP contribution is 2.29. The number of nitrogens with zero attached hydrogens (tertiary/aromatic N) is 1. The highest BCUT2D eigenvalue weighted by atomic mass is 127. The highest BCUT2D eigenvalue weighted by Gasteiger charge is 2.16. The smallest absolute Gasteiger partial charge is 0.191 e. The van der Waals surface area contributed by atoms with Gasteiger partial charge in [-0.1, -0.05) is 18.2 Å². The molecule has 0 aliphatic carbocycles. The molecule has 0 atom stereocenters. The molecule has 0 saturated heterocycles. The van der Waals surface area contributed by atoms with Crippen LogP contribution < -0.4 is 15.4 Å². The largest absolute Gasteiger partial charge is 0.467 e. The summed E-state index contributed by atoms with van der Waals surface area (Å²) in [4.78, 5) is 7.95. The third-order valence-electron chi connectivity index (χ3n) is 5.11. The topological polar surface area (TPSA) is 70.7 Å². The van der Waals surface area contributed by atoms with Crippen LogP contribution in [0, 0.1) is 5.82 Å². The van der Waals surface area contributed by atoms with Gasteiger partial charge in [0.2, 0.25) is 0 Å². The zero-order chi connectivity index (χ0) is 20.8. The van der Waals surface area contributed by atoms with Gasteiger partial charge in [0.1, 0.15) is 11.6 Å². The third kappa shape index (κ3) is 5.88. The summed E-state index contributed by atoms with van der Waals surface area (Å²) in [7, 11) is 0. The summed E-state index contributed by atoms with van der Waals surface area (Å²) < 4.78 is 24.7. The first-order valence-electron chi connectivity index (χ1n) is 10.3. The van der Waals surface area contributed by atoms with Crippen molar-refractivity contribution in [2.45, 2.75) is 26.4 Å². The fraction of sp³-hybridized carbons (Fsp3) is 0.348. The molecule has 0 amide bonds. The molecular formula is C23H28FIN4O2. The molecule has 166 valence electrons. The second kappa shape index (κ2) is 11.3. The molecule has 0 bridgehead atoms. The molecule has 1 aromatic heterocycles. The van der Waals surface area contributed by atoms with Crippen molar-refractivity contribution in [3.8, 4) is 5.75 Å². The van der Waals surface area contributed by atoms with Crippen LogP contribution in [0.4, 0.5) is 4.39 Å². The molecule has 0 unspecified atom stereocenters. The Morgan fingerprint density at radius 3 is 2.90 bits per heavy atom. The molecular weight excluding hydrogens is 510 g/mol. The van der Waals surface area contributed by atoms with E-state index in [4.69, 9.17) is 9.47 Å². The van der Waals surface area contributed by atoms with Gasteiger partial charge in [-0.05, 0) is 49.1 Å². The van der Waals surface area contributed by atoms with Crippen molar-refractivity contribution >= 4 is 40.8 Å². The lowest BCUT2D eigenvalue weighted by molar-refractivity contribution is -0.0172. The zero-order valence-electron chi connectivity index (χ0n) is 17.5. The molecule has 1 aliphatic heterocycles. The monoisotopic (exact) mass is 538 g/mol. The molecule has 0 radical (unpaired) electrons. The van der Waals surface area contributed by atoms with Crippen LogP contribution in [-0.4, -0.2) is 37.4 Å². The van der Waals surface area contributed by atoms with Crippen LogP contribution >= 0.6 is 24.0 Å². The van der Waals surface area contributed by atoms with E-state index in [9.17, 15) is 4.39 Å². The lowest BCUT2D eigenvalue weighted by Crippen LogP contribution is -2.38. The minimum Gasteiger partial charge on any atom is -0.467 e. The van der Waals surface area contributed by atoms with Crippen LogP contribution in [0.3, 0.4) is 0 Å². The third-order valence-corrected chi connectivity index (χ3v) is 5.11. The molecule has 8 heteroatoms. The quantitative estimate of drug-likeness (QED) is 0.241. The molecule has 0 spiro atoms. The SMILES string of the molecule is CCNC(=NCCc1cc(F)cc2c1OCOC2)NCCc1c[nH]c2ccccc12.I. The Hall–Kier alpha value is -2.33. The van der Waals surface area contributed by atoms with E-state index in [1.54, 1.807) is 0 Å². The summed E-state index contributed by atoms with van der Waals surface area (Å²) in [6.45, 7) is 4.68. The number of hydrogen-bond acceptors (Lipinski definition) is 3. The summed E-state index contributed by atoms with van der Waals surface area (Å²) in [6.07, 6.45) is 3.55. The predicted molar refractivity (Wildman–Crippen MR) is 132 cm³/mol. The van der Waals surface area contributed by atoms with E-state index >= 15 is 0 Å². The minimum absolute atomic E-state index is 0. The molecule has 6 nitrogen and oxygen atoms in total. The van der Waals surface area contributed by atoms with Crippen LogP contribution in [-0.2, 0) is 24.2 Å². The number of benzene rings is 2. The molecule has 31 heavy (non-hydrogen) atoms. The highest BCUT2D eigenvalue weighted by molar-refractivity contribution is 14.0. The second-order valence-corrected chi connectivity index (χ2v) is 7.21. The Labute approximate surface area is 198 Å². The summed E-state index contributed by atoms with van der Waals surface area (Å²) in [6, 6.07) is 11.3. The first kappa shape index (κ1) is 23.3. The number of nitrogens with one attached hydrogen (secondary N) is 3. The van der Waals surface area contributed by atoms with Crippen molar-refractivity contribution in [3.05, 3.63) is 65.1 Å². The normalized spacial score (nSPS) is 13.3. The van der Waals surface area contributed by atoms with Gasteiger partial charge >= 0.3 is 0 Å². The Kier molecular flexibility index (Phi) is 8.53. The summed E-state index contributed by atoms with van der Waals surface area (Å²) >= 11 is 0. The molecule has 2 aromatic carbocycles. The molecule has 0 saturated carbocycles. The van der Waals surface area contributed by atoms with E-state index in [1.165, 1.54) is 23.1 Å². The van der Waals surface area contributed by atoms with Gasteiger partial charge in [-0.25, -0.2) is 4.39 Å². The first-order chi connectivity index (χ1) is 14.7. The van der Waals surface area contributed by atoms with Gasteiger partial charge in [-0.15, -0.1) is 24.0 Å². The number of hydrogen-bond donors (Lipinski definition) is 3. The number of aliphatic imine (C=N–C) groups is 1. The number of H-pyrrole nitrogens is 1. The minimum atomic E-state index is -0.273. The lowest BCUT2D eigenvalue weighted by atomic mass is 10.1. The summed E-state index contributed by atoms with van der Waals surface area (Å²) in [5.74, 6) is 1.22. The van der Waals surface area contributed by atoms with Gasteiger partial charge in [0.25, 0.3) is 0 Å². The van der Waals surface area contributed by atoms with Crippen molar-refractivity contribution in [1.82, 2.24) is 15.6 Å². The second-order valence-electron chi connectivity index (χ2n) is 7.21. The van der Waals surface area contributed by atoms with Gasteiger partial charge in [0, 0.05) is 42.3 Å². The van der Waals surface area contributed by atoms with E-state index in [0.29, 0.717) is 19.6 Å². The van der Waals surface area contributed by atoms with E-state index in [-0.39, 0.29) is 36.6 Å². The number of rotatable bonds is 7.